The van der Waals surface area contributed by atoms with E-state index in [9.17, 15) is 0 Å². The predicted molar refractivity (Wildman–Crippen MR) is 169 cm³/mol. The van der Waals surface area contributed by atoms with Crippen molar-refractivity contribution < 1.29 is 9.47 Å². The predicted octanol–water partition coefficient (Wildman–Crippen LogP) is 7.74. The molecular formula is C35H36N4O2. The van der Waals surface area contributed by atoms with Crippen molar-refractivity contribution in [2.75, 3.05) is 32.2 Å². The molecule has 0 amide bonds. The van der Waals surface area contributed by atoms with Gasteiger partial charge in [0.2, 0.25) is 0 Å². The first-order chi connectivity index (χ1) is 20.1. The molecule has 5 rings (SSSR count). The van der Waals surface area contributed by atoms with Gasteiger partial charge in [0.25, 0.3) is 0 Å². The van der Waals surface area contributed by atoms with E-state index in [-0.39, 0.29) is 0 Å². The van der Waals surface area contributed by atoms with Crippen LogP contribution < -0.4 is 14.4 Å². The molecule has 0 N–H and O–H groups in total. The molecule has 6 nitrogen and oxygen atoms in total. The largest absolute Gasteiger partial charge is 0.493 e. The molecule has 0 aliphatic carbocycles. The van der Waals surface area contributed by atoms with Gasteiger partial charge in [0, 0.05) is 31.4 Å². The maximum absolute atomic E-state index is 5.67. The number of rotatable bonds is 11. The van der Waals surface area contributed by atoms with Gasteiger partial charge in [-0.05, 0) is 66.9 Å². The molecule has 4 aromatic carbocycles. The minimum absolute atomic E-state index is 0.657. The van der Waals surface area contributed by atoms with Crippen LogP contribution in [-0.2, 0) is 6.42 Å². The lowest BCUT2D eigenvalue weighted by atomic mass is 10.00. The molecule has 6 heteroatoms. The monoisotopic (exact) mass is 544 g/mol. The van der Waals surface area contributed by atoms with Crippen molar-refractivity contribution in [1.82, 2.24) is 9.78 Å². The second-order valence-electron chi connectivity index (χ2n) is 9.65. The summed E-state index contributed by atoms with van der Waals surface area (Å²) < 4.78 is 13.1. The van der Waals surface area contributed by atoms with E-state index in [1.807, 2.05) is 53.4 Å². The van der Waals surface area contributed by atoms with Crippen LogP contribution in [0.3, 0.4) is 0 Å². The fraction of sp³-hybridized carbons (Fsp3) is 0.200. The van der Waals surface area contributed by atoms with Gasteiger partial charge in [0.15, 0.2) is 17.3 Å². The topological polar surface area (TPSA) is 51.9 Å². The van der Waals surface area contributed by atoms with Gasteiger partial charge in [-0.1, -0.05) is 66.7 Å². The Kier molecular flexibility index (Phi) is 8.79. The Morgan fingerprint density at radius 2 is 1.44 bits per heavy atom. The highest BCUT2D eigenvalue weighted by atomic mass is 16.5. The van der Waals surface area contributed by atoms with E-state index in [4.69, 9.17) is 19.6 Å². The second kappa shape index (κ2) is 13.0. The Morgan fingerprint density at radius 3 is 2.07 bits per heavy atom. The summed E-state index contributed by atoms with van der Waals surface area (Å²) in [6.45, 7) is 6.29. The van der Waals surface area contributed by atoms with Crippen LogP contribution in [0.25, 0.3) is 16.8 Å². The van der Waals surface area contributed by atoms with Gasteiger partial charge in [-0.2, -0.15) is 5.10 Å². The number of aromatic nitrogens is 2. The number of anilines is 1. The van der Waals surface area contributed by atoms with Crippen LogP contribution in [0.4, 0.5) is 11.5 Å². The molecule has 0 unspecified atom stereocenters. The number of benzene rings is 4. The van der Waals surface area contributed by atoms with Crippen LogP contribution in [0.5, 0.6) is 11.5 Å². The number of nitrogens with zero attached hydrogens (tertiary/aromatic N) is 4. The molecule has 1 heterocycles. The van der Waals surface area contributed by atoms with E-state index in [0.29, 0.717) is 17.9 Å². The number of para-hydroxylation sites is 1. The summed E-state index contributed by atoms with van der Waals surface area (Å²) in [7, 11) is 3.30. The van der Waals surface area contributed by atoms with Crippen molar-refractivity contribution in [1.29, 1.82) is 0 Å². The normalized spacial score (nSPS) is 11.1. The average molecular weight is 545 g/mol. The first-order valence-corrected chi connectivity index (χ1v) is 14.0. The Morgan fingerprint density at radius 1 is 0.780 bits per heavy atom. The highest BCUT2D eigenvalue weighted by Crippen LogP contribution is 2.40. The fourth-order valence-corrected chi connectivity index (χ4v) is 5.02. The Balaban J connectivity index is 1.67. The van der Waals surface area contributed by atoms with Crippen molar-refractivity contribution in [2.45, 2.75) is 20.3 Å². The first kappa shape index (κ1) is 27.7. The van der Waals surface area contributed by atoms with Crippen molar-refractivity contribution in [3.8, 4) is 28.3 Å². The van der Waals surface area contributed by atoms with E-state index >= 15 is 0 Å². The van der Waals surface area contributed by atoms with Crippen LogP contribution in [-0.4, -0.2) is 43.3 Å². The van der Waals surface area contributed by atoms with Crippen LogP contribution in [0.1, 0.15) is 30.7 Å². The number of aliphatic imine (C=N–C) groups is 1. The molecule has 1 aromatic heterocycles. The van der Waals surface area contributed by atoms with Gasteiger partial charge in [-0.15, -0.1) is 0 Å². The maximum Gasteiger partial charge on any atom is 0.163 e. The Bertz CT molecular complexity index is 1590. The molecule has 208 valence electrons. The molecule has 0 aliphatic heterocycles. The highest BCUT2D eigenvalue weighted by molar-refractivity contribution is 5.87. The summed E-state index contributed by atoms with van der Waals surface area (Å²) in [4.78, 5) is 7.42. The SMILES string of the molecule is CCN(CC)c1ccc(/C=N/c2c(-c3ccc(OC)c(OC)c3)c(Cc3ccccc3)nn2-c2ccccc2)cc1. The van der Waals surface area contributed by atoms with E-state index in [1.165, 1.54) is 11.3 Å². The number of hydrogen-bond acceptors (Lipinski definition) is 5. The van der Waals surface area contributed by atoms with Gasteiger partial charge >= 0.3 is 0 Å². The lowest BCUT2D eigenvalue weighted by Gasteiger charge is -2.20. The molecule has 0 fully saturated rings. The molecular weight excluding hydrogens is 508 g/mol. The molecule has 5 aromatic rings. The molecule has 0 atom stereocenters. The fourth-order valence-electron chi connectivity index (χ4n) is 5.02. The molecule has 0 saturated carbocycles. The third-order valence-corrected chi connectivity index (χ3v) is 7.18. The van der Waals surface area contributed by atoms with Gasteiger partial charge in [-0.25, -0.2) is 9.67 Å². The minimum atomic E-state index is 0.657. The lowest BCUT2D eigenvalue weighted by Crippen LogP contribution is -2.21. The van der Waals surface area contributed by atoms with Crippen LogP contribution in [0.2, 0.25) is 0 Å². The van der Waals surface area contributed by atoms with E-state index in [1.54, 1.807) is 14.2 Å². The molecule has 0 saturated heterocycles. The maximum atomic E-state index is 5.67. The summed E-state index contributed by atoms with van der Waals surface area (Å²) in [6.07, 6.45) is 2.57. The van der Waals surface area contributed by atoms with Gasteiger partial charge in [-0.3, -0.25) is 0 Å². The van der Waals surface area contributed by atoms with Crippen molar-refractivity contribution in [3.63, 3.8) is 0 Å². The van der Waals surface area contributed by atoms with E-state index < -0.39 is 0 Å². The van der Waals surface area contributed by atoms with Crippen molar-refractivity contribution >= 4 is 17.7 Å². The zero-order valence-corrected chi connectivity index (χ0v) is 24.1. The van der Waals surface area contributed by atoms with Gasteiger partial charge < -0.3 is 14.4 Å². The Labute approximate surface area is 242 Å². The van der Waals surface area contributed by atoms with Crippen molar-refractivity contribution in [2.24, 2.45) is 4.99 Å². The van der Waals surface area contributed by atoms with Crippen molar-refractivity contribution in [3.05, 3.63) is 120 Å². The molecule has 0 aliphatic rings. The summed E-state index contributed by atoms with van der Waals surface area (Å²) in [5.41, 5.74) is 7.18. The number of methoxy groups -OCH3 is 2. The summed E-state index contributed by atoms with van der Waals surface area (Å²) in [6, 6.07) is 35.0. The standard InChI is InChI=1S/C35H36N4O2/c1-5-38(6-2)29-20-17-27(18-21-29)25-36-35-34(28-19-22-32(40-3)33(24-28)41-4)31(23-26-13-9-7-10-14-26)37-39(35)30-15-11-8-12-16-30/h7-22,24-25H,5-6,23H2,1-4H3/b36-25+. The summed E-state index contributed by atoms with van der Waals surface area (Å²) in [5.74, 6) is 2.09. The Hall–Kier alpha value is -4.84. The number of ether oxygens (including phenoxy) is 2. The average Bonchev–Trinajstić information content (AvgIpc) is 3.39. The first-order valence-electron chi connectivity index (χ1n) is 14.0. The van der Waals surface area contributed by atoms with E-state index in [0.717, 1.165) is 47.0 Å². The van der Waals surface area contributed by atoms with Gasteiger partial charge in [0.1, 0.15) is 0 Å². The summed E-state index contributed by atoms with van der Waals surface area (Å²) in [5, 5.41) is 5.15. The van der Waals surface area contributed by atoms with E-state index in [2.05, 4.69) is 79.4 Å². The second-order valence-corrected chi connectivity index (χ2v) is 9.65. The van der Waals surface area contributed by atoms with Crippen LogP contribution >= 0.6 is 0 Å². The lowest BCUT2D eigenvalue weighted by molar-refractivity contribution is 0.355. The zero-order chi connectivity index (χ0) is 28.6. The third-order valence-electron chi connectivity index (χ3n) is 7.18. The smallest absolute Gasteiger partial charge is 0.163 e. The third kappa shape index (κ3) is 6.17. The quantitative estimate of drug-likeness (QED) is 0.160. The van der Waals surface area contributed by atoms with Crippen LogP contribution in [0, 0.1) is 0 Å². The molecule has 0 radical (unpaired) electrons. The minimum Gasteiger partial charge on any atom is -0.493 e. The summed E-state index contributed by atoms with van der Waals surface area (Å²) >= 11 is 0. The molecule has 0 bridgehead atoms. The molecule has 41 heavy (non-hydrogen) atoms. The van der Waals surface area contributed by atoms with Gasteiger partial charge in [0.05, 0.1) is 31.2 Å². The molecule has 0 spiro atoms. The highest BCUT2D eigenvalue weighted by Gasteiger charge is 2.22. The number of hydrogen-bond donors (Lipinski definition) is 0. The zero-order valence-electron chi connectivity index (χ0n) is 24.1. The van der Waals surface area contributed by atoms with Crippen LogP contribution in [0.15, 0.2) is 108 Å².